The average molecular weight is 470 g/mol. The van der Waals surface area contributed by atoms with Gasteiger partial charge in [-0.2, -0.15) is 0 Å². The Morgan fingerprint density at radius 1 is 1.21 bits per heavy atom. The molecule has 0 spiro atoms. The van der Waals surface area contributed by atoms with Crippen LogP contribution in [0.15, 0.2) is 53.7 Å². The maximum Gasteiger partial charge on any atom is 0.320 e. The summed E-state index contributed by atoms with van der Waals surface area (Å²) in [5.74, 6) is -1.54. The third-order valence-corrected chi connectivity index (χ3v) is 5.57. The van der Waals surface area contributed by atoms with Crippen molar-refractivity contribution in [3.8, 4) is 11.5 Å². The molecule has 3 atom stereocenters. The molecule has 2 aromatic rings. The van der Waals surface area contributed by atoms with Crippen LogP contribution in [0, 0.1) is 0 Å². The number of aliphatic carboxylic acids is 1. The number of aromatic hydroxyl groups is 1. The van der Waals surface area contributed by atoms with E-state index in [0.29, 0.717) is 11.3 Å². The molecule has 180 valence electrons. The molecule has 11 heteroatoms. The first-order chi connectivity index (χ1) is 16.2. The molecule has 0 unspecified atom stereocenters. The number of ether oxygens (including phenoxy) is 1. The number of hydrogen-bond donors (Lipinski definition) is 5. The first-order valence-electron chi connectivity index (χ1n) is 10.5. The van der Waals surface area contributed by atoms with E-state index in [0.717, 1.165) is 5.56 Å². The van der Waals surface area contributed by atoms with Crippen molar-refractivity contribution in [1.82, 2.24) is 10.2 Å². The smallest absolute Gasteiger partial charge is 0.320 e. The van der Waals surface area contributed by atoms with Crippen LogP contribution in [-0.2, 0) is 14.4 Å². The number of β-lactam (4-membered cyclic amide) rings is 1. The lowest BCUT2D eigenvalue weighted by atomic mass is 9.99. The number of carbonyl (C=O) groups is 3. The van der Waals surface area contributed by atoms with Gasteiger partial charge >= 0.3 is 5.97 Å². The minimum atomic E-state index is -1.11. The maximum atomic E-state index is 12.6. The number of carboxylic acids is 1. The molecule has 34 heavy (non-hydrogen) atoms. The van der Waals surface area contributed by atoms with Gasteiger partial charge in [0.15, 0.2) is 5.71 Å². The fraction of sp³-hybridized carbons (Fsp3) is 0.304. The molecule has 0 saturated carbocycles. The van der Waals surface area contributed by atoms with Crippen LogP contribution in [-0.4, -0.2) is 69.1 Å². The van der Waals surface area contributed by atoms with Crippen LogP contribution in [0.5, 0.6) is 11.5 Å². The lowest BCUT2D eigenvalue weighted by Gasteiger charge is -2.42. The molecule has 0 radical (unpaired) electrons. The van der Waals surface area contributed by atoms with Crippen molar-refractivity contribution in [3.05, 3.63) is 59.7 Å². The van der Waals surface area contributed by atoms with Crippen LogP contribution in [0.4, 0.5) is 0 Å². The van der Waals surface area contributed by atoms with Crippen LogP contribution in [0.25, 0.3) is 0 Å². The Morgan fingerprint density at radius 2 is 1.85 bits per heavy atom. The van der Waals surface area contributed by atoms with Gasteiger partial charge in [-0.15, -0.1) is 0 Å². The second-order valence-corrected chi connectivity index (χ2v) is 7.84. The van der Waals surface area contributed by atoms with Crippen LogP contribution < -0.4 is 15.8 Å². The van der Waals surface area contributed by atoms with E-state index in [2.05, 4.69) is 10.5 Å². The number of phenols is 1. The minimum Gasteiger partial charge on any atom is -0.508 e. The van der Waals surface area contributed by atoms with Gasteiger partial charge in [-0.3, -0.25) is 14.4 Å². The number of oxime groups is 1. The molecular formula is C23H26N4O7. The number of nitrogens with one attached hydrogen (secondary N) is 1. The van der Waals surface area contributed by atoms with Gasteiger partial charge in [0, 0.05) is 12.0 Å². The molecule has 3 rings (SSSR count). The number of hydrogen-bond acceptors (Lipinski definition) is 8. The molecule has 0 aromatic heterocycles. The number of amides is 2. The van der Waals surface area contributed by atoms with Gasteiger partial charge in [-0.1, -0.05) is 17.3 Å². The Kier molecular flexibility index (Phi) is 7.69. The van der Waals surface area contributed by atoms with Gasteiger partial charge in [0.1, 0.15) is 23.6 Å². The summed E-state index contributed by atoms with van der Waals surface area (Å²) in [6, 6.07) is 10.6. The van der Waals surface area contributed by atoms with E-state index in [1.165, 1.54) is 24.3 Å². The predicted octanol–water partition coefficient (Wildman–Crippen LogP) is 0.840. The fourth-order valence-electron chi connectivity index (χ4n) is 3.44. The first kappa shape index (κ1) is 24.5. The number of carbonyl (C=O) groups excluding carboxylic acids is 2. The van der Waals surface area contributed by atoms with Crippen molar-refractivity contribution in [3.63, 3.8) is 0 Å². The van der Waals surface area contributed by atoms with Gasteiger partial charge in [0.05, 0.1) is 19.2 Å². The van der Waals surface area contributed by atoms with E-state index in [1.807, 2.05) is 6.92 Å². The largest absolute Gasteiger partial charge is 0.508 e. The second kappa shape index (κ2) is 10.7. The topological polar surface area (TPSA) is 175 Å². The molecule has 0 bridgehead atoms. The van der Waals surface area contributed by atoms with Crippen molar-refractivity contribution in [2.45, 2.75) is 31.5 Å². The zero-order valence-corrected chi connectivity index (χ0v) is 18.4. The molecule has 1 saturated heterocycles. The fourth-order valence-corrected chi connectivity index (χ4v) is 3.44. The summed E-state index contributed by atoms with van der Waals surface area (Å²) in [6.45, 7) is 2.23. The van der Waals surface area contributed by atoms with Crippen LogP contribution in [0.1, 0.15) is 30.5 Å². The Bertz CT molecular complexity index is 1070. The van der Waals surface area contributed by atoms with Crippen molar-refractivity contribution in [2.24, 2.45) is 10.9 Å². The van der Waals surface area contributed by atoms with Gasteiger partial charge < -0.3 is 36.1 Å². The molecule has 1 heterocycles. The highest BCUT2D eigenvalue weighted by atomic mass is 16.5. The van der Waals surface area contributed by atoms with Crippen LogP contribution in [0.3, 0.4) is 0 Å². The number of carboxylic acid groups (broad SMARTS) is 1. The lowest BCUT2D eigenvalue weighted by molar-refractivity contribution is -0.148. The summed E-state index contributed by atoms with van der Waals surface area (Å²) < 4.78 is 5.43. The molecule has 2 aromatic carbocycles. The lowest BCUT2D eigenvalue weighted by Crippen LogP contribution is -2.64. The van der Waals surface area contributed by atoms with E-state index in [-0.39, 0.29) is 43.0 Å². The Balaban J connectivity index is 1.53. The summed E-state index contributed by atoms with van der Waals surface area (Å²) in [6.07, 6.45) is 0.126. The second-order valence-electron chi connectivity index (χ2n) is 7.84. The van der Waals surface area contributed by atoms with Crippen molar-refractivity contribution >= 4 is 23.5 Å². The molecule has 6 N–H and O–H groups in total. The Labute approximate surface area is 195 Å². The molecule has 0 aliphatic carbocycles. The number of benzene rings is 2. The molecule has 2 amide bonds. The molecule has 11 nitrogen and oxygen atoms in total. The van der Waals surface area contributed by atoms with Crippen molar-refractivity contribution in [1.29, 1.82) is 0 Å². The highest BCUT2D eigenvalue weighted by Gasteiger charge is 2.41. The highest BCUT2D eigenvalue weighted by Crippen LogP contribution is 2.27. The molecule has 1 aliphatic heterocycles. The van der Waals surface area contributed by atoms with Crippen molar-refractivity contribution in [2.75, 3.05) is 13.2 Å². The summed E-state index contributed by atoms with van der Waals surface area (Å²) in [4.78, 5) is 37.5. The molecule has 1 fully saturated rings. The minimum absolute atomic E-state index is 0.0943. The van der Waals surface area contributed by atoms with E-state index >= 15 is 0 Å². The van der Waals surface area contributed by atoms with E-state index in [1.54, 1.807) is 29.2 Å². The Hall–Kier alpha value is -4.12. The first-order valence-corrected chi connectivity index (χ1v) is 10.5. The number of rotatable bonds is 10. The summed E-state index contributed by atoms with van der Waals surface area (Å²) in [7, 11) is 0. The van der Waals surface area contributed by atoms with E-state index < -0.39 is 24.0 Å². The maximum absolute atomic E-state index is 12.6. The van der Waals surface area contributed by atoms with Crippen molar-refractivity contribution < 1.29 is 34.5 Å². The third kappa shape index (κ3) is 5.62. The number of likely N-dealkylation sites (tertiary alicyclic amines) is 1. The Morgan fingerprint density at radius 3 is 2.41 bits per heavy atom. The number of nitrogens with zero attached hydrogens (tertiary/aromatic N) is 2. The standard InChI is InChI=1S/C23H26N4O7/c1-13(14-2-6-16(28)7-3-14)27-12-19(22(27)30)25-21(29)20(26-33)15-4-8-17(9-5-15)34-11-10-18(24)23(31)32/h2-9,13,18-19,28,33H,10-12,24H2,1H3,(H,25,29)(H,31,32)/b26-20+/t13-,18+,19-/m0/s1. The summed E-state index contributed by atoms with van der Waals surface area (Å²) in [5.41, 5.74) is 6.30. The SMILES string of the molecule is C[C@@H](c1ccc(O)cc1)N1C[C@H](NC(=O)/C(=N/O)c2ccc(OCC[C@@H](N)C(=O)O)cc2)C1=O. The summed E-state index contributed by atoms with van der Waals surface area (Å²) in [5, 5.41) is 33.2. The highest BCUT2D eigenvalue weighted by molar-refractivity contribution is 6.45. The monoisotopic (exact) mass is 470 g/mol. The normalized spacial score (nSPS) is 17.5. The zero-order valence-electron chi connectivity index (χ0n) is 18.4. The average Bonchev–Trinajstić information content (AvgIpc) is 2.82. The van der Waals surface area contributed by atoms with Gasteiger partial charge in [0.25, 0.3) is 5.91 Å². The van der Waals surface area contributed by atoms with E-state index in [9.17, 15) is 24.7 Å². The van der Waals surface area contributed by atoms with Crippen LogP contribution in [0.2, 0.25) is 0 Å². The van der Waals surface area contributed by atoms with Gasteiger partial charge in [-0.05, 0) is 48.9 Å². The zero-order chi connectivity index (χ0) is 24.8. The summed E-state index contributed by atoms with van der Waals surface area (Å²) >= 11 is 0. The van der Waals surface area contributed by atoms with E-state index in [4.69, 9.17) is 15.6 Å². The number of phenolic OH excluding ortho intramolecular Hbond substituents is 1. The number of nitrogens with two attached hydrogens (primary N) is 1. The molecular weight excluding hydrogens is 444 g/mol. The van der Waals surface area contributed by atoms with Gasteiger partial charge in [-0.25, -0.2) is 0 Å². The third-order valence-electron chi connectivity index (χ3n) is 5.57. The van der Waals surface area contributed by atoms with Crippen LogP contribution >= 0.6 is 0 Å². The van der Waals surface area contributed by atoms with Gasteiger partial charge in [0.2, 0.25) is 5.91 Å². The predicted molar refractivity (Wildman–Crippen MR) is 121 cm³/mol. The molecule has 1 aliphatic rings. The quantitative estimate of drug-likeness (QED) is 0.147.